The average molecular weight is 1050 g/mol. The molecule has 2 fully saturated rings. The Labute approximate surface area is 395 Å². The highest BCUT2D eigenvalue weighted by molar-refractivity contribution is 7.91. The second kappa shape index (κ2) is 18.9. The minimum Gasteiger partial charge on any atom is -0.497 e. The third-order valence-corrected chi connectivity index (χ3v) is 16.6. The van der Waals surface area contributed by atoms with E-state index in [1.807, 2.05) is 0 Å². The van der Waals surface area contributed by atoms with Crippen LogP contribution in [0.5, 0.6) is 11.5 Å². The lowest BCUT2D eigenvalue weighted by Crippen LogP contribution is -2.42. The van der Waals surface area contributed by atoms with Crippen LogP contribution in [0, 0.1) is 11.8 Å². The number of amides is 2. The number of alkyl halides is 6. The van der Waals surface area contributed by atoms with E-state index in [0.717, 1.165) is 0 Å². The molecule has 0 saturated carbocycles. The van der Waals surface area contributed by atoms with Gasteiger partial charge in [-0.1, -0.05) is 46.4 Å². The molecule has 0 radical (unpaired) electrons. The Kier molecular flexibility index (Phi) is 14.3. The quantitative estimate of drug-likeness (QED) is 0.144. The van der Waals surface area contributed by atoms with Crippen molar-refractivity contribution in [2.24, 2.45) is 11.8 Å². The molecule has 8 rings (SSSR count). The summed E-state index contributed by atoms with van der Waals surface area (Å²) in [5.41, 5.74) is -9.03. The summed E-state index contributed by atoms with van der Waals surface area (Å²) < 4.78 is 136. The number of ether oxygens (including phenoxy) is 2. The number of aromatic nitrogens is 4. The number of methoxy groups -OCH3 is 2. The molecule has 2 aromatic carbocycles. The third kappa shape index (κ3) is 9.55. The minimum absolute atomic E-state index is 0.0172. The topological polar surface area (TPSA) is 163 Å². The maximum atomic E-state index is 13.1. The van der Waals surface area contributed by atoms with Gasteiger partial charge in [0.1, 0.15) is 24.2 Å². The lowest BCUT2D eigenvalue weighted by atomic mass is 9.94. The van der Waals surface area contributed by atoms with Crippen molar-refractivity contribution in [1.82, 2.24) is 27.7 Å². The molecular formula is C40H40Cl4F6N6O8S2. The van der Waals surface area contributed by atoms with Crippen LogP contribution in [0.4, 0.5) is 26.3 Å². The number of aryl methyl sites for hydroxylation is 1. The van der Waals surface area contributed by atoms with Gasteiger partial charge in [0.2, 0.25) is 11.8 Å². The third-order valence-electron chi connectivity index (χ3n) is 12.4. The molecule has 2 aliphatic carbocycles. The van der Waals surface area contributed by atoms with E-state index in [1.165, 1.54) is 14.2 Å². The van der Waals surface area contributed by atoms with Crippen molar-refractivity contribution in [3.05, 3.63) is 90.9 Å². The highest BCUT2D eigenvalue weighted by Gasteiger charge is 2.51. The first-order valence-corrected chi connectivity index (χ1v) is 24.7. The summed E-state index contributed by atoms with van der Waals surface area (Å²) in [6.45, 7) is 0.894. The number of likely N-dealkylation sites (tertiary alicyclic amines) is 2. The van der Waals surface area contributed by atoms with Crippen molar-refractivity contribution >= 4 is 78.3 Å². The number of rotatable bonds is 10. The summed E-state index contributed by atoms with van der Waals surface area (Å²) in [6, 6.07) is 5.81. The maximum Gasteiger partial charge on any atom is 0.517 e. The molecule has 0 bridgehead atoms. The Morgan fingerprint density at radius 1 is 0.606 bits per heavy atom. The van der Waals surface area contributed by atoms with E-state index in [0.29, 0.717) is 113 Å². The second-order valence-electron chi connectivity index (χ2n) is 16.1. The predicted octanol–water partition coefficient (Wildman–Crippen LogP) is 7.69. The summed E-state index contributed by atoms with van der Waals surface area (Å²) >= 11 is 25.3. The van der Waals surface area contributed by atoms with Crippen LogP contribution in [0.3, 0.4) is 0 Å². The molecule has 4 aromatic rings. The van der Waals surface area contributed by atoms with Crippen LogP contribution in [0.2, 0.25) is 20.1 Å². The highest BCUT2D eigenvalue weighted by atomic mass is 35.5. The summed E-state index contributed by atoms with van der Waals surface area (Å²) in [6.07, 6.45) is 4.52. The first-order valence-electron chi connectivity index (χ1n) is 20.3. The van der Waals surface area contributed by atoms with E-state index in [-0.39, 0.29) is 74.5 Å². The van der Waals surface area contributed by atoms with Crippen molar-refractivity contribution in [3.63, 3.8) is 0 Å². The minimum atomic E-state index is -5.59. The number of imidazole rings is 2. The Balaban J connectivity index is 0.000000196. The molecule has 66 heavy (non-hydrogen) atoms. The molecule has 0 N–H and O–H groups in total. The molecule has 4 aliphatic rings. The number of carbonyl (C=O) groups is 2. The molecule has 0 spiro atoms. The van der Waals surface area contributed by atoms with Gasteiger partial charge in [0.25, 0.3) is 0 Å². The smallest absolute Gasteiger partial charge is 0.497 e. The zero-order valence-electron chi connectivity index (χ0n) is 34.8. The first kappa shape index (κ1) is 49.9. The number of hydrogen-bond acceptors (Lipinski definition) is 10. The van der Waals surface area contributed by atoms with Crippen molar-refractivity contribution in [2.75, 3.05) is 27.3 Å². The normalized spacial score (nSPS) is 21.4. The van der Waals surface area contributed by atoms with Gasteiger partial charge < -0.3 is 19.3 Å². The summed E-state index contributed by atoms with van der Waals surface area (Å²) in [7, 11) is -8.14. The zero-order chi connectivity index (χ0) is 48.3. The van der Waals surface area contributed by atoms with Gasteiger partial charge in [-0.3, -0.25) is 9.59 Å². The SMILES string of the molecule is COc1cc(Cl)c(C[C@@H]2CCN(C3CCc4c(ncn4S(=O)(=O)C(F)(F)F)C3)C2=O)c(Cl)c1.COc1cc(Cl)c(C[C@@H]2CCN(C3CCc4ncn(S(=O)(=O)C(F)(F)F)c4C3)C2=O)c(Cl)c1. The van der Waals surface area contributed by atoms with Gasteiger partial charge in [-0.25, -0.2) is 17.9 Å². The van der Waals surface area contributed by atoms with E-state index in [1.54, 1.807) is 34.1 Å². The predicted molar refractivity (Wildman–Crippen MR) is 230 cm³/mol. The van der Waals surface area contributed by atoms with Gasteiger partial charge in [-0.05, 0) is 86.8 Å². The molecule has 2 saturated heterocycles. The molecule has 2 unspecified atom stereocenters. The number of benzene rings is 2. The highest BCUT2D eigenvalue weighted by Crippen LogP contribution is 2.39. The van der Waals surface area contributed by atoms with Crippen LogP contribution >= 0.6 is 46.4 Å². The van der Waals surface area contributed by atoms with Gasteiger partial charge in [-0.15, -0.1) is 0 Å². The van der Waals surface area contributed by atoms with E-state index in [2.05, 4.69) is 9.97 Å². The Morgan fingerprint density at radius 2 is 1.00 bits per heavy atom. The van der Waals surface area contributed by atoms with Crippen LogP contribution < -0.4 is 9.47 Å². The Hall–Kier alpha value is -3.96. The van der Waals surface area contributed by atoms with Gasteiger partial charge in [0.15, 0.2) is 0 Å². The van der Waals surface area contributed by atoms with Crippen LogP contribution in [0.15, 0.2) is 36.9 Å². The van der Waals surface area contributed by atoms with Gasteiger partial charge in [0.05, 0.1) is 37.0 Å². The molecule has 2 amide bonds. The molecule has 2 aliphatic heterocycles. The average Bonchev–Trinajstić information content (AvgIpc) is 4.04. The van der Waals surface area contributed by atoms with Crippen molar-refractivity contribution in [1.29, 1.82) is 0 Å². The lowest BCUT2D eigenvalue weighted by Gasteiger charge is -2.31. The molecular weight excluding hydrogens is 1010 g/mol. The van der Waals surface area contributed by atoms with Crippen molar-refractivity contribution in [3.8, 4) is 11.5 Å². The number of halogens is 10. The second-order valence-corrected chi connectivity index (χ2v) is 21.4. The summed E-state index contributed by atoms with van der Waals surface area (Å²) in [4.78, 5) is 37.3. The van der Waals surface area contributed by atoms with Crippen LogP contribution in [-0.2, 0) is 68.2 Å². The molecule has 14 nitrogen and oxygen atoms in total. The summed E-state index contributed by atoms with van der Waals surface area (Å²) in [5.74, 6) is 0.0381. The van der Waals surface area contributed by atoms with E-state index in [9.17, 15) is 52.8 Å². The molecule has 360 valence electrons. The number of hydrogen-bond donors (Lipinski definition) is 0. The number of fused-ring (bicyclic) bond motifs is 2. The van der Waals surface area contributed by atoms with E-state index >= 15 is 0 Å². The monoisotopic (exact) mass is 1050 g/mol. The fraction of sp³-hybridized carbons (Fsp3) is 0.500. The number of carbonyl (C=O) groups excluding carboxylic acids is 2. The molecule has 2 aromatic heterocycles. The largest absolute Gasteiger partial charge is 0.517 e. The van der Waals surface area contributed by atoms with Crippen molar-refractivity contribution in [2.45, 2.75) is 87.3 Å². The molecule has 4 heterocycles. The van der Waals surface area contributed by atoms with Crippen LogP contribution in [0.25, 0.3) is 0 Å². The van der Waals surface area contributed by atoms with Crippen LogP contribution in [-0.4, -0.2) is 107 Å². The zero-order valence-corrected chi connectivity index (χ0v) is 39.5. The fourth-order valence-corrected chi connectivity index (χ4v) is 12.0. The molecule has 4 atom stereocenters. The van der Waals surface area contributed by atoms with E-state index < -0.39 is 43.0 Å². The number of nitrogens with zero attached hydrogens (tertiary/aromatic N) is 6. The molecule has 26 heteroatoms. The van der Waals surface area contributed by atoms with Crippen LogP contribution in [0.1, 0.15) is 59.6 Å². The fourth-order valence-electron chi connectivity index (χ4n) is 8.96. The van der Waals surface area contributed by atoms with Crippen molar-refractivity contribution < 1.29 is 62.2 Å². The standard InChI is InChI=1S/2C20H20Cl2F3N3O4S/c1-32-13-8-15(21)14(16(22)9-13)6-11-4-5-27(19(11)29)12-2-3-18-17(7-12)26-10-28(18)33(30,31)20(23,24)25;1-32-13-8-15(21)14(16(22)9-13)6-11-4-5-27(19(11)29)12-2-3-17-18(7-12)28(10-26-17)33(30,31)20(23,24)25/h2*8-12H,2-7H2,1H3/t2*11-,12?/m00/s1. The van der Waals surface area contributed by atoms with Gasteiger partial charge >= 0.3 is 31.1 Å². The first-order chi connectivity index (χ1) is 30.9. The van der Waals surface area contributed by atoms with Gasteiger partial charge in [0, 0.05) is 69.9 Å². The summed E-state index contributed by atoms with van der Waals surface area (Å²) in [5, 5.41) is 1.58. The van der Waals surface area contributed by atoms with E-state index in [4.69, 9.17) is 55.9 Å². The van der Waals surface area contributed by atoms with Gasteiger partial charge in [-0.2, -0.15) is 43.2 Å². The Bertz CT molecular complexity index is 2720. The lowest BCUT2D eigenvalue weighted by molar-refractivity contribution is -0.133. The maximum absolute atomic E-state index is 13.1. The Morgan fingerprint density at radius 3 is 1.42 bits per heavy atom.